The lowest BCUT2D eigenvalue weighted by molar-refractivity contribution is -0.159. The van der Waals surface area contributed by atoms with E-state index in [1.54, 1.807) is 0 Å². The molecule has 0 radical (unpaired) electrons. The van der Waals surface area contributed by atoms with Crippen LogP contribution in [0.3, 0.4) is 0 Å². The van der Waals surface area contributed by atoms with Crippen molar-refractivity contribution in [2.75, 3.05) is 0 Å². The molecule has 0 amide bonds. The van der Waals surface area contributed by atoms with Gasteiger partial charge in [-0.05, 0) is 25.7 Å². The molecule has 0 aliphatic rings. The third-order valence-corrected chi connectivity index (χ3v) is 8.67. The number of ether oxygens (including phenoxy) is 1. The molecule has 1 atom stereocenters. The molecule has 1 unspecified atom stereocenters. The van der Waals surface area contributed by atoms with Gasteiger partial charge in [-0.15, -0.1) is 11.6 Å². The lowest BCUT2D eigenvalue weighted by Gasteiger charge is -2.09. The van der Waals surface area contributed by atoms with Crippen LogP contribution in [0.2, 0.25) is 0 Å². The van der Waals surface area contributed by atoms with Crippen molar-refractivity contribution < 1.29 is 14.3 Å². The molecule has 238 valence electrons. The van der Waals surface area contributed by atoms with Gasteiger partial charge in [0.2, 0.25) is 0 Å². The molecule has 0 aliphatic heterocycles. The molecule has 0 aromatic rings. The van der Waals surface area contributed by atoms with Gasteiger partial charge in [-0.2, -0.15) is 0 Å². The number of esters is 2. The van der Waals surface area contributed by atoms with Crippen LogP contribution in [0.4, 0.5) is 0 Å². The molecule has 4 heteroatoms. The molecule has 0 heterocycles. The van der Waals surface area contributed by atoms with Gasteiger partial charge in [-0.3, -0.25) is 9.59 Å². The molecule has 0 aromatic carbocycles. The number of unbranched alkanes of at least 4 members (excludes halogenated alkanes) is 24. The fourth-order valence-electron chi connectivity index (χ4n) is 5.50. The molecule has 0 rings (SSSR count). The maximum absolute atomic E-state index is 11.9. The smallest absolute Gasteiger partial charge is 0.313 e. The lowest BCUT2D eigenvalue weighted by atomic mass is 10.0. The highest BCUT2D eigenvalue weighted by Crippen LogP contribution is 2.18. The monoisotopic (exact) mass is 584 g/mol. The molecule has 0 N–H and O–H groups in total. The van der Waals surface area contributed by atoms with Crippen LogP contribution >= 0.6 is 11.6 Å². The van der Waals surface area contributed by atoms with Gasteiger partial charge in [0, 0.05) is 18.2 Å². The Kier molecular flexibility index (Phi) is 32.5. The van der Waals surface area contributed by atoms with Crippen LogP contribution in [0.15, 0.2) is 0 Å². The summed E-state index contributed by atoms with van der Waals surface area (Å²) in [5.74, 6) is -0.670. The largest absolute Gasteiger partial charge is 0.393 e. The van der Waals surface area contributed by atoms with Crippen LogP contribution in [0.5, 0.6) is 0 Å². The van der Waals surface area contributed by atoms with E-state index in [1.807, 2.05) is 0 Å². The fraction of sp³-hybridized carbons (Fsp3) is 0.944. The average Bonchev–Trinajstić information content (AvgIpc) is 2.94. The number of hydrogen-bond donors (Lipinski definition) is 0. The van der Waals surface area contributed by atoms with E-state index in [0.29, 0.717) is 18.2 Å². The molecule has 40 heavy (non-hydrogen) atoms. The van der Waals surface area contributed by atoms with Crippen molar-refractivity contribution in [2.24, 2.45) is 0 Å². The second-order valence-electron chi connectivity index (χ2n) is 12.4. The van der Waals surface area contributed by atoms with Crippen LogP contribution in [0.25, 0.3) is 0 Å². The first-order valence-electron chi connectivity index (χ1n) is 18.0. The van der Waals surface area contributed by atoms with Crippen molar-refractivity contribution in [3.8, 4) is 0 Å². The highest BCUT2D eigenvalue weighted by molar-refractivity contribution is 6.20. The predicted octanol–water partition coefficient (Wildman–Crippen LogP) is 12.8. The second kappa shape index (κ2) is 32.9. The summed E-state index contributed by atoms with van der Waals surface area (Å²) < 4.78 is 5.01. The summed E-state index contributed by atoms with van der Waals surface area (Å²) in [6, 6.07) is 0. The van der Waals surface area contributed by atoms with Crippen LogP contribution in [0, 0.1) is 0 Å². The number of alkyl halides is 1. The van der Waals surface area contributed by atoms with E-state index in [2.05, 4.69) is 13.8 Å². The number of rotatable bonds is 32. The maximum atomic E-state index is 11.9. The molecule has 0 fully saturated rings. The summed E-state index contributed by atoms with van der Waals surface area (Å²) in [5, 5.41) is 0.368. The summed E-state index contributed by atoms with van der Waals surface area (Å²) in [7, 11) is 0. The minimum absolute atomic E-state index is 0.333. The highest BCUT2D eigenvalue weighted by Gasteiger charge is 2.10. The first-order chi connectivity index (χ1) is 19.6. The normalized spacial score (nSPS) is 12.1. The molecule has 0 aromatic heterocycles. The second-order valence-corrected chi connectivity index (χ2v) is 13.0. The van der Waals surface area contributed by atoms with Gasteiger partial charge < -0.3 is 4.74 Å². The summed E-state index contributed by atoms with van der Waals surface area (Å²) in [4.78, 5) is 23.8. The van der Waals surface area contributed by atoms with Gasteiger partial charge in [0.1, 0.15) is 0 Å². The third-order valence-electron chi connectivity index (χ3n) is 8.23. The Bertz CT molecular complexity index is 536. The Hall–Kier alpha value is -0.570. The minimum atomic E-state index is -0.337. The molecule has 0 aliphatic carbocycles. The van der Waals surface area contributed by atoms with E-state index in [9.17, 15) is 9.59 Å². The van der Waals surface area contributed by atoms with E-state index >= 15 is 0 Å². The van der Waals surface area contributed by atoms with Crippen molar-refractivity contribution >= 4 is 23.5 Å². The van der Waals surface area contributed by atoms with Crippen molar-refractivity contribution in [1.82, 2.24) is 0 Å². The van der Waals surface area contributed by atoms with E-state index < -0.39 is 0 Å². The third kappa shape index (κ3) is 32.0. The predicted molar refractivity (Wildman–Crippen MR) is 175 cm³/mol. The van der Waals surface area contributed by atoms with Crippen molar-refractivity contribution in [1.29, 1.82) is 0 Å². The standard InChI is InChI=1S/C36H69ClO3/c1-3-5-7-9-10-11-12-13-14-15-16-17-21-24-28-32-35(38)40-36(39)33-29-25-22-19-18-20-23-27-31-34(37)30-26-8-6-4-2/h34H,3-33H2,1-2H3. The Balaban J connectivity index is 3.33. The number of hydrogen-bond acceptors (Lipinski definition) is 3. The van der Waals surface area contributed by atoms with E-state index in [1.165, 1.54) is 148 Å². The van der Waals surface area contributed by atoms with Gasteiger partial charge in [0.15, 0.2) is 0 Å². The van der Waals surface area contributed by atoms with Crippen LogP contribution in [-0.2, 0) is 14.3 Å². The van der Waals surface area contributed by atoms with E-state index in [-0.39, 0.29) is 11.9 Å². The molecule has 0 saturated heterocycles. The van der Waals surface area contributed by atoms with E-state index in [4.69, 9.17) is 16.3 Å². The zero-order valence-corrected chi connectivity index (χ0v) is 27.9. The van der Waals surface area contributed by atoms with Gasteiger partial charge in [-0.25, -0.2) is 0 Å². The topological polar surface area (TPSA) is 43.4 Å². The maximum Gasteiger partial charge on any atom is 0.313 e. The average molecular weight is 585 g/mol. The first-order valence-corrected chi connectivity index (χ1v) is 18.4. The Morgan fingerprint density at radius 2 is 0.675 bits per heavy atom. The SMILES string of the molecule is CCCCCCCCCCCCCCCCCC(=O)OC(=O)CCCCCCCCCCC(Cl)CCCCCC. The van der Waals surface area contributed by atoms with Crippen molar-refractivity contribution in [2.45, 2.75) is 218 Å². The first kappa shape index (κ1) is 39.4. The number of halogens is 1. The van der Waals surface area contributed by atoms with E-state index in [0.717, 1.165) is 38.5 Å². The Morgan fingerprint density at radius 1 is 0.425 bits per heavy atom. The van der Waals surface area contributed by atoms with Crippen LogP contribution in [0.1, 0.15) is 213 Å². The van der Waals surface area contributed by atoms with Gasteiger partial charge in [0.05, 0.1) is 0 Å². The summed E-state index contributed by atoms with van der Waals surface area (Å²) in [6.07, 6.45) is 37.3. The van der Waals surface area contributed by atoms with Gasteiger partial charge in [-0.1, -0.05) is 174 Å². The molecule has 3 nitrogen and oxygen atoms in total. The Labute approximate surface area is 255 Å². The zero-order chi connectivity index (χ0) is 29.4. The van der Waals surface area contributed by atoms with Crippen LogP contribution < -0.4 is 0 Å². The van der Waals surface area contributed by atoms with Crippen LogP contribution in [-0.4, -0.2) is 17.3 Å². The molecular weight excluding hydrogens is 516 g/mol. The minimum Gasteiger partial charge on any atom is -0.393 e. The fourth-order valence-corrected chi connectivity index (χ4v) is 5.81. The summed E-state index contributed by atoms with van der Waals surface area (Å²) in [6.45, 7) is 4.52. The quantitative estimate of drug-likeness (QED) is 0.0341. The van der Waals surface area contributed by atoms with Crippen molar-refractivity contribution in [3.63, 3.8) is 0 Å². The zero-order valence-electron chi connectivity index (χ0n) is 27.1. The summed E-state index contributed by atoms with van der Waals surface area (Å²) in [5.41, 5.74) is 0. The lowest BCUT2D eigenvalue weighted by Crippen LogP contribution is -2.11. The highest BCUT2D eigenvalue weighted by atomic mass is 35.5. The number of carbonyl (C=O) groups excluding carboxylic acids is 2. The summed E-state index contributed by atoms with van der Waals surface area (Å²) >= 11 is 6.43. The Morgan fingerprint density at radius 3 is 1.00 bits per heavy atom. The molecule has 0 spiro atoms. The molecule has 0 saturated carbocycles. The van der Waals surface area contributed by atoms with Gasteiger partial charge in [0.25, 0.3) is 0 Å². The molecule has 0 bridgehead atoms. The number of carbonyl (C=O) groups is 2. The van der Waals surface area contributed by atoms with Crippen molar-refractivity contribution in [3.05, 3.63) is 0 Å². The molecular formula is C36H69ClO3. The van der Waals surface area contributed by atoms with Gasteiger partial charge >= 0.3 is 11.9 Å².